The minimum Gasteiger partial charge on any atom is -1.00 e. The minimum atomic E-state index is -1.02. The molecular weight excluding hydrogens is 244 g/mol. The van der Waals surface area contributed by atoms with Gasteiger partial charge in [-0.05, 0) is 18.2 Å². The molecule has 0 atom stereocenters. The van der Waals surface area contributed by atoms with Gasteiger partial charge in [0.1, 0.15) is 12.0 Å². The van der Waals surface area contributed by atoms with Crippen molar-refractivity contribution in [3.8, 4) is 0 Å². The van der Waals surface area contributed by atoms with Crippen molar-refractivity contribution in [1.29, 1.82) is 0 Å². The van der Waals surface area contributed by atoms with Crippen molar-refractivity contribution in [2.24, 2.45) is 0 Å². The number of aromatic carboxylic acids is 1. The average molecular weight is 255 g/mol. The van der Waals surface area contributed by atoms with Crippen molar-refractivity contribution < 1.29 is 34.6 Å². The molecule has 0 aromatic carbocycles. The maximum atomic E-state index is 12.8. The first-order chi connectivity index (χ1) is 8.63. The molecule has 3 heterocycles. The fourth-order valence-corrected chi connectivity index (χ4v) is 1.91. The Hall–Kier alpha value is -1.64. The zero-order valence-corrected chi connectivity index (χ0v) is 10.4. The number of rotatable bonds is 2. The number of carbonyl (C=O) groups is 1. The summed E-state index contributed by atoms with van der Waals surface area (Å²) in [6.07, 6.45) is 0.486. The Bertz CT molecular complexity index is 637. The van der Waals surface area contributed by atoms with Gasteiger partial charge in [0.15, 0.2) is 5.65 Å². The van der Waals surface area contributed by atoms with Crippen LogP contribution in [0.5, 0.6) is 0 Å². The molecule has 0 spiro atoms. The first-order valence-electron chi connectivity index (χ1n) is 5.52. The van der Waals surface area contributed by atoms with Crippen LogP contribution in [0.4, 0.5) is 10.2 Å². The number of alkyl halides is 1. The molecule has 0 unspecified atom stereocenters. The number of hydrogen-bond acceptors (Lipinski definition) is 4. The quantitative estimate of drug-likeness (QED) is 0.669. The van der Waals surface area contributed by atoms with Gasteiger partial charge in [0.25, 0.3) is 0 Å². The van der Waals surface area contributed by atoms with Crippen molar-refractivity contribution in [2.75, 3.05) is 18.0 Å². The molecule has 0 radical (unpaired) electrons. The van der Waals surface area contributed by atoms with Crippen LogP contribution in [-0.4, -0.2) is 40.3 Å². The van der Waals surface area contributed by atoms with Crippen molar-refractivity contribution in [3.05, 3.63) is 30.0 Å². The maximum Gasteiger partial charge on any atom is 1.00 e. The monoisotopic (exact) mass is 255 g/mol. The van der Waals surface area contributed by atoms with E-state index in [9.17, 15) is 9.18 Å². The zero-order chi connectivity index (χ0) is 12.7. The Labute approximate surface area is 122 Å². The summed E-state index contributed by atoms with van der Waals surface area (Å²) < 4.78 is 12.8. The summed E-state index contributed by atoms with van der Waals surface area (Å²) in [4.78, 5) is 20.9. The van der Waals surface area contributed by atoms with Gasteiger partial charge in [-0.2, -0.15) is 0 Å². The van der Waals surface area contributed by atoms with Crippen LogP contribution in [-0.2, 0) is 0 Å². The second kappa shape index (κ2) is 5.15. The molecule has 0 bridgehead atoms. The molecule has 1 aliphatic rings. The van der Waals surface area contributed by atoms with E-state index >= 15 is 0 Å². The van der Waals surface area contributed by atoms with Crippen LogP contribution < -0.4 is 23.8 Å². The smallest absolute Gasteiger partial charge is 1.00 e. The summed E-state index contributed by atoms with van der Waals surface area (Å²) in [5.74, 6) is -0.344. The SMILES string of the molecule is O=C(O)c1cnc2nc(N3CC(F)C3)ccc2c1.[H-].[Li+]. The Morgan fingerprint density at radius 3 is 2.84 bits per heavy atom. The van der Waals surface area contributed by atoms with Crippen LogP contribution in [0.25, 0.3) is 11.0 Å². The zero-order valence-electron chi connectivity index (χ0n) is 11.4. The third-order valence-corrected chi connectivity index (χ3v) is 2.94. The van der Waals surface area contributed by atoms with Gasteiger partial charge in [-0.15, -0.1) is 0 Å². The number of halogens is 1. The number of carboxylic acid groups (broad SMARTS) is 1. The van der Waals surface area contributed by atoms with Crippen molar-refractivity contribution in [2.45, 2.75) is 6.17 Å². The first-order valence-corrected chi connectivity index (χ1v) is 5.52. The van der Waals surface area contributed by atoms with E-state index < -0.39 is 12.1 Å². The number of hydrogen-bond donors (Lipinski definition) is 1. The van der Waals surface area contributed by atoms with Gasteiger partial charge in [-0.3, -0.25) is 0 Å². The molecule has 0 amide bonds. The molecule has 2 aromatic rings. The average Bonchev–Trinajstić information content (AvgIpc) is 2.33. The number of carboxylic acids is 1. The van der Waals surface area contributed by atoms with Gasteiger partial charge < -0.3 is 11.4 Å². The summed E-state index contributed by atoms with van der Waals surface area (Å²) >= 11 is 0. The third-order valence-electron chi connectivity index (χ3n) is 2.94. The molecule has 19 heavy (non-hydrogen) atoms. The Morgan fingerprint density at radius 1 is 1.47 bits per heavy atom. The van der Waals surface area contributed by atoms with Crippen LogP contribution in [0.1, 0.15) is 11.8 Å². The molecule has 5 nitrogen and oxygen atoms in total. The predicted molar refractivity (Wildman–Crippen MR) is 64.7 cm³/mol. The van der Waals surface area contributed by atoms with Crippen molar-refractivity contribution in [3.63, 3.8) is 0 Å². The van der Waals surface area contributed by atoms with E-state index in [1.165, 1.54) is 12.3 Å². The van der Waals surface area contributed by atoms with Crippen LogP contribution in [0.15, 0.2) is 24.4 Å². The second-order valence-electron chi connectivity index (χ2n) is 4.25. The normalized spacial score (nSPS) is 14.9. The molecular formula is C12H11FLiN3O2. The predicted octanol–water partition coefficient (Wildman–Crippen LogP) is -1.40. The number of aromatic nitrogens is 2. The summed E-state index contributed by atoms with van der Waals surface area (Å²) in [7, 11) is 0. The van der Waals surface area contributed by atoms with E-state index in [0.717, 1.165) is 0 Å². The van der Waals surface area contributed by atoms with E-state index in [-0.39, 0.29) is 25.9 Å². The Morgan fingerprint density at radius 2 is 2.21 bits per heavy atom. The van der Waals surface area contributed by atoms with Crippen molar-refractivity contribution in [1.82, 2.24) is 9.97 Å². The molecule has 1 aliphatic heterocycles. The second-order valence-corrected chi connectivity index (χ2v) is 4.25. The summed E-state index contributed by atoms with van der Waals surface area (Å²) in [6, 6.07) is 5.03. The molecule has 0 saturated carbocycles. The number of nitrogens with zero attached hydrogens (tertiary/aromatic N) is 3. The number of fused-ring (bicyclic) bond motifs is 1. The fraction of sp³-hybridized carbons (Fsp3) is 0.250. The van der Waals surface area contributed by atoms with Gasteiger partial charge in [0, 0.05) is 11.6 Å². The molecule has 94 valence electrons. The summed E-state index contributed by atoms with van der Waals surface area (Å²) in [5.41, 5.74) is 0.602. The summed E-state index contributed by atoms with van der Waals surface area (Å²) in [6.45, 7) is 0.706. The van der Waals surface area contributed by atoms with E-state index in [0.29, 0.717) is 29.9 Å². The van der Waals surface area contributed by atoms with Crippen molar-refractivity contribution >= 4 is 22.8 Å². The van der Waals surface area contributed by atoms with Crippen LogP contribution >= 0.6 is 0 Å². The number of anilines is 1. The van der Waals surface area contributed by atoms with Gasteiger partial charge in [-0.25, -0.2) is 19.2 Å². The third kappa shape index (κ3) is 2.55. The van der Waals surface area contributed by atoms with E-state index in [1.807, 2.05) is 4.90 Å². The molecule has 7 heteroatoms. The van der Waals surface area contributed by atoms with E-state index in [4.69, 9.17) is 5.11 Å². The molecule has 1 saturated heterocycles. The first kappa shape index (κ1) is 13.8. The Balaban J connectivity index is 0.000001000. The standard InChI is InChI=1S/C12H10FN3O2.Li.H/c13-9-5-16(6-9)10-2-1-7-3-8(12(17)18)4-14-11(7)15-10;;/h1-4,9H,5-6H2,(H,17,18);;/q;+1;-1. The van der Waals surface area contributed by atoms with Gasteiger partial charge in [-0.1, -0.05) is 0 Å². The molecule has 2 aromatic heterocycles. The van der Waals surface area contributed by atoms with Gasteiger partial charge in [0.2, 0.25) is 0 Å². The van der Waals surface area contributed by atoms with Crippen LogP contribution in [0.3, 0.4) is 0 Å². The van der Waals surface area contributed by atoms with E-state index in [1.54, 1.807) is 12.1 Å². The fourth-order valence-electron chi connectivity index (χ4n) is 1.91. The van der Waals surface area contributed by atoms with Crippen LogP contribution in [0.2, 0.25) is 0 Å². The van der Waals surface area contributed by atoms with E-state index in [2.05, 4.69) is 9.97 Å². The van der Waals surface area contributed by atoms with Gasteiger partial charge >= 0.3 is 24.8 Å². The number of pyridine rings is 2. The molecule has 3 rings (SSSR count). The minimum absolute atomic E-state index is 0. The maximum absolute atomic E-state index is 12.8. The van der Waals surface area contributed by atoms with Crippen LogP contribution in [0, 0.1) is 0 Å². The molecule has 0 aliphatic carbocycles. The molecule has 1 fully saturated rings. The topological polar surface area (TPSA) is 66.3 Å². The Kier molecular flexibility index (Phi) is 3.74. The molecule has 1 N–H and O–H groups in total. The largest absolute Gasteiger partial charge is 1.00 e. The summed E-state index contributed by atoms with van der Waals surface area (Å²) in [5, 5.41) is 9.52. The van der Waals surface area contributed by atoms with Gasteiger partial charge in [0.05, 0.1) is 18.7 Å².